The average molecular weight is 383 g/mol. The Hall–Kier alpha value is -1.35. The van der Waals surface area contributed by atoms with Crippen LogP contribution in [0.15, 0.2) is 50.9 Å². The minimum atomic E-state index is -3.61. The molecule has 0 saturated heterocycles. The molecule has 128 valence electrons. The lowest BCUT2D eigenvalue weighted by molar-refractivity contribution is -0.121. The number of nitrogens with zero attached hydrogens (tertiary/aromatic N) is 1. The third-order valence-corrected chi connectivity index (χ3v) is 8.12. The molecule has 24 heavy (non-hydrogen) atoms. The van der Waals surface area contributed by atoms with Crippen molar-refractivity contribution in [1.29, 1.82) is 0 Å². The van der Waals surface area contributed by atoms with Gasteiger partial charge in [0.05, 0.1) is 12.6 Å². The Morgan fingerprint density at radius 3 is 2.83 bits per heavy atom. The van der Waals surface area contributed by atoms with E-state index in [0.29, 0.717) is 0 Å². The number of benzene rings is 1. The molecule has 1 amide bonds. The van der Waals surface area contributed by atoms with Crippen LogP contribution in [-0.4, -0.2) is 38.0 Å². The van der Waals surface area contributed by atoms with Crippen LogP contribution in [0.1, 0.15) is 18.0 Å². The maximum atomic E-state index is 12.4. The van der Waals surface area contributed by atoms with Gasteiger partial charge in [-0.05, 0) is 29.5 Å². The Labute approximate surface area is 150 Å². The van der Waals surface area contributed by atoms with Gasteiger partial charge in [0, 0.05) is 17.7 Å². The standard InChI is InChI=1S/C16H18N2O3S3/c1-18(24(20,21)16-7-4-9-23-16)11-15(19)17-13-8-10-22-14-6-3-2-5-12(13)14/h2-7,9,13H,8,10-11H2,1H3,(H,17,19). The molecular weight excluding hydrogens is 364 g/mol. The van der Waals surface area contributed by atoms with Gasteiger partial charge in [0.25, 0.3) is 10.0 Å². The van der Waals surface area contributed by atoms with Gasteiger partial charge in [-0.1, -0.05) is 24.3 Å². The molecule has 0 spiro atoms. The summed E-state index contributed by atoms with van der Waals surface area (Å²) in [6.45, 7) is -0.188. The Balaban J connectivity index is 1.67. The van der Waals surface area contributed by atoms with Crippen LogP contribution in [0.2, 0.25) is 0 Å². The van der Waals surface area contributed by atoms with Crippen molar-refractivity contribution in [2.75, 3.05) is 19.3 Å². The molecule has 0 saturated carbocycles. The Bertz CT molecular complexity index is 819. The van der Waals surface area contributed by atoms with Crippen molar-refractivity contribution < 1.29 is 13.2 Å². The number of amides is 1. The van der Waals surface area contributed by atoms with Gasteiger partial charge in [0.15, 0.2) is 0 Å². The Morgan fingerprint density at radius 1 is 1.29 bits per heavy atom. The second kappa shape index (κ2) is 7.26. The normalized spacial score (nSPS) is 17.5. The van der Waals surface area contributed by atoms with Crippen LogP contribution >= 0.6 is 23.1 Å². The molecule has 1 unspecified atom stereocenters. The lowest BCUT2D eigenvalue weighted by Gasteiger charge is -2.26. The van der Waals surface area contributed by atoms with Crippen molar-refractivity contribution in [3.05, 3.63) is 47.3 Å². The summed E-state index contributed by atoms with van der Waals surface area (Å²) < 4.78 is 26.1. The van der Waals surface area contributed by atoms with Gasteiger partial charge in [0.1, 0.15) is 4.21 Å². The Morgan fingerprint density at radius 2 is 2.08 bits per heavy atom. The van der Waals surface area contributed by atoms with E-state index in [2.05, 4.69) is 5.32 Å². The van der Waals surface area contributed by atoms with Gasteiger partial charge in [0.2, 0.25) is 5.91 Å². The third-order valence-electron chi connectivity index (χ3n) is 3.82. The number of sulfonamides is 1. The molecule has 1 atom stereocenters. The zero-order valence-electron chi connectivity index (χ0n) is 13.1. The fraction of sp³-hybridized carbons (Fsp3) is 0.312. The van der Waals surface area contributed by atoms with Crippen LogP contribution in [-0.2, 0) is 14.8 Å². The summed E-state index contributed by atoms with van der Waals surface area (Å²) in [7, 11) is -2.18. The molecule has 5 nitrogen and oxygen atoms in total. The molecule has 1 aromatic heterocycles. The molecule has 1 aliphatic heterocycles. The van der Waals surface area contributed by atoms with E-state index in [1.54, 1.807) is 29.3 Å². The summed E-state index contributed by atoms with van der Waals surface area (Å²) >= 11 is 2.93. The molecular formula is C16H18N2O3S3. The predicted octanol–water partition coefficient (Wildman–Crippen LogP) is 2.72. The third kappa shape index (κ3) is 3.66. The number of carbonyl (C=O) groups is 1. The maximum absolute atomic E-state index is 12.4. The number of carbonyl (C=O) groups excluding carboxylic acids is 1. The van der Waals surface area contributed by atoms with Gasteiger partial charge in [-0.15, -0.1) is 23.1 Å². The van der Waals surface area contributed by atoms with E-state index in [-0.39, 0.29) is 22.7 Å². The average Bonchev–Trinajstić information content (AvgIpc) is 3.10. The number of nitrogens with one attached hydrogen (secondary N) is 1. The van der Waals surface area contributed by atoms with E-state index in [1.165, 1.54) is 11.9 Å². The van der Waals surface area contributed by atoms with Gasteiger partial charge in [-0.3, -0.25) is 4.79 Å². The summed E-state index contributed by atoms with van der Waals surface area (Å²) in [6.07, 6.45) is 0.842. The number of likely N-dealkylation sites (N-methyl/N-ethyl adjacent to an activating group) is 1. The predicted molar refractivity (Wildman–Crippen MR) is 96.8 cm³/mol. The zero-order chi connectivity index (χ0) is 17.2. The summed E-state index contributed by atoms with van der Waals surface area (Å²) in [5, 5.41) is 4.67. The van der Waals surface area contributed by atoms with E-state index in [4.69, 9.17) is 0 Å². The van der Waals surface area contributed by atoms with E-state index in [9.17, 15) is 13.2 Å². The van der Waals surface area contributed by atoms with Crippen molar-refractivity contribution >= 4 is 39.0 Å². The molecule has 8 heteroatoms. The quantitative estimate of drug-likeness (QED) is 0.863. The summed E-state index contributed by atoms with van der Waals surface area (Å²) in [4.78, 5) is 13.5. The first-order chi connectivity index (χ1) is 11.5. The fourth-order valence-corrected chi connectivity index (χ4v) is 6.04. The van der Waals surface area contributed by atoms with Gasteiger partial charge >= 0.3 is 0 Å². The maximum Gasteiger partial charge on any atom is 0.252 e. The minimum Gasteiger partial charge on any atom is -0.348 e. The van der Waals surface area contributed by atoms with Crippen molar-refractivity contribution in [2.45, 2.75) is 21.6 Å². The molecule has 0 radical (unpaired) electrons. The monoisotopic (exact) mass is 382 g/mol. The molecule has 2 aromatic rings. The minimum absolute atomic E-state index is 0.0622. The highest BCUT2D eigenvalue weighted by molar-refractivity contribution is 7.99. The number of fused-ring (bicyclic) bond motifs is 1. The second-order valence-corrected chi connectivity index (χ2v) is 9.84. The number of thioether (sulfide) groups is 1. The van der Waals surface area contributed by atoms with Crippen LogP contribution < -0.4 is 5.32 Å². The van der Waals surface area contributed by atoms with E-state index < -0.39 is 10.0 Å². The molecule has 0 aliphatic carbocycles. The highest BCUT2D eigenvalue weighted by Gasteiger charge is 2.26. The largest absolute Gasteiger partial charge is 0.348 e. The molecule has 3 rings (SSSR count). The molecule has 1 aromatic carbocycles. The number of rotatable bonds is 5. The molecule has 1 aliphatic rings. The smallest absolute Gasteiger partial charge is 0.252 e. The van der Waals surface area contributed by atoms with Crippen LogP contribution in [0.3, 0.4) is 0 Å². The van der Waals surface area contributed by atoms with Crippen LogP contribution in [0.5, 0.6) is 0 Å². The van der Waals surface area contributed by atoms with Crippen molar-refractivity contribution in [3.8, 4) is 0 Å². The summed E-state index contributed by atoms with van der Waals surface area (Å²) in [5.41, 5.74) is 1.10. The summed E-state index contributed by atoms with van der Waals surface area (Å²) in [6, 6.07) is 11.2. The number of hydrogen-bond acceptors (Lipinski definition) is 5. The van der Waals surface area contributed by atoms with Crippen molar-refractivity contribution in [1.82, 2.24) is 9.62 Å². The molecule has 1 N–H and O–H groups in total. The van der Waals surface area contributed by atoms with Crippen LogP contribution in [0.25, 0.3) is 0 Å². The topological polar surface area (TPSA) is 66.5 Å². The van der Waals surface area contributed by atoms with Crippen LogP contribution in [0.4, 0.5) is 0 Å². The first kappa shape index (κ1) is 17.5. The van der Waals surface area contributed by atoms with Gasteiger partial charge < -0.3 is 5.32 Å². The number of hydrogen-bond donors (Lipinski definition) is 1. The first-order valence-corrected chi connectivity index (χ1v) is 10.8. The fourth-order valence-electron chi connectivity index (χ4n) is 2.58. The first-order valence-electron chi connectivity index (χ1n) is 7.49. The van der Waals surface area contributed by atoms with Gasteiger partial charge in [-0.25, -0.2) is 8.42 Å². The highest BCUT2D eigenvalue weighted by atomic mass is 32.2. The van der Waals surface area contributed by atoms with Crippen molar-refractivity contribution in [3.63, 3.8) is 0 Å². The van der Waals surface area contributed by atoms with Crippen molar-refractivity contribution in [2.24, 2.45) is 0 Å². The Kier molecular flexibility index (Phi) is 5.29. The zero-order valence-corrected chi connectivity index (χ0v) is 15.6. The lowest BCUT2D eigenvalue weighted by atomic mass is 10.0. The number of thiophene rings is 1. The lowest BCUT2D eigenvalue weighted by Crippen LogP contribution is -2.40. The summed E-state index contributed by atoms with van der Waals surface area (Å²) in [5.74, 6) is 0.648. The van der Waals surface area contributed by atoms with Gasteiger partial charge in [-0.2, -0.15) is 4.31 Å². The van der Waals surface area contributed by atoms with E-state index in [1.807, 2.05) is 24.3 Å². The van der Waals surface area contributed by atoms with Crippen LogP contribution in [0, 0.1) is 0 Å². The molecule has 2 heterocycles. The second-order valence-electron chi connectivity index (χ2n) is 5.49. The van der Waals surface area contributed by atoms with E-state index in [0.717, 1.165) is 33.4 Å². The highest BCUT2D eigenvalue weighted by Crippen LogP contribution is 2.35. The SMILES string of the molecule is CN(CC(=O)NC1CCSc2ccccc21)S(=O)(=O)c1cccs1. The molecule has 0 bridgehead atoms. The molecule has 0 fully saturated rings. The van der Waals surface area contributed by atoms with E-state index >= 15 is 0 Å².